The Morgan fingerprint density at radius 3 is 2.62 bits per heavy atom. The Balaban J connectivity index is 2.36. The van der Waals surface area contributed by atoms with Crippen LogP contribution in [0.15, 0.2) is 22.7 Å². The van der Waals surface area contributed by atoms with Crippen molar-refractivity contribution in [1.82, 2.24) is 5.32 Å². The summed E-state index contributed by atoms with van der Waals surface area (Å²) in [4.78, 5) is 26.1. The SMILES string of the molecule is CC(C)CC1NC(=O)C(C)N(c2ccc(F)c(Br)c2)C1=O. The lowest BCUT2D eigenvalue weighted by Crippen LogP contribution is -2.63. The molecule has 4 nitrogen and oxygen atoms in total. The molecule has 1 fully saturated rings. The number of carbonyl (C=O) groups excluding carboxylic acids is 2. The second-order valence-corrected chi connectivity index (χ2v) is 6.53. The Labute approximate surface area is 131 Å². The summed E-state index contributed by atoms with van der Waals surface area (Å²) >= 11 is 3.11. The minimum Gasteiger partial charge on any atom is -0.342 e. The molecule has 21 heavy (non-hydrogen) atoms. The molecule has 0 bridgehead atoms. The van der Waals surface area contributed by atoms with Crippen LogP contribution in [-0.2, 0) is 9.59 Å². The van der Waals surface area contributed by atoms with Crippen molar-refractivity contribution in [2.45, 2.75) is 39.3 Å². The Hall–Kier alpha value is -1.43. The summed E-state index contributed by atoms with van der Waals surface area (Å²) in [6, 6.07) is 3.17. The van der Waals surface area contributed by atoms with E-state index in [0.717, 1.165) is 0 Å². The second kappa shape index (κ2) is 6.13. The Kier molecular flexibility index (Phi) is 4.66. The minimum absolute atomic E-state index is 0.158. The zero-order chi connectivity index (χ0) is 15.7. The van der Waals surface area contributed by atoms with E-state index in [0.29, 0.717) is 12.1 Å². The summed E-state index contributed by atoms with van der Waals surface area (Å²) in [5.41, 5.74) is 0.518. The third-order valence-corrected chi connectivity index (χ3v) is 4.11. The molecule has 2 amide bonds. The van der Waals surface area contributed by atoms with Gasteiger partial charge in [0.15, 0.2) is 0 Å². The van der Waals surface area contributed by atoms with Gasteiger partial charge in [-0.15, -0.1) is 0 Å². The number of hydrogen-bond donors (Lipinski definition) is 1. The maximum atomic E-state index is 13.4. The summed E-state index contributed by atoms with van der Waals surface area (Å²) in [7, 11) is 0. The average Bonchev–Trinajstić information content (AvgIpc) is 2.40. The van der Waals surface area contributed by atoms with Crippen LogP contribution in [0.25, 0.3) is 0 Å². The van der Waals surface area contributed by atoms with E-state index in [-0.39, 0.29) is 22.2 Å². The maximum Gasteiger partial charge on any atom is 0.250 e. The van der Waals surface area contributed by atoms with Gasteiger partial charge in [-0.2, -0.15) is 0 Å². The molecule has 114 valence electrons. The van der Waals surface area contributed by atoms with Crippen molar-refractivity contribution < 1.29 is 14.0 Å². The highest BCUT2D eigenvalue weighted by molar-refractivity contribution is 9.10. The third kappa shape index (κ3) is 3.26. The zero-order valence-electron chi connectivity index (χ0n) is 12.2. The van der Waals surface area contributed by atoms with E-state index in [1.807, 2.05) is 13.8 Å². The molecule has 2 rings (SSSR count). The Morgan fingerprint density at radius 2 is 2.05 bits per heavy atom. The first-order chi connectivity index (χ1) is 9.81. The molecule has 1 heterocycles. The molecule has 0 saturated carbocycles. The molecule has 0 spiro atoms. The van der Waals surface area contributed by atoms with Gasteiger partial charge in [0.05, 0.1) is 4.47 Å². The molecule has 1 aliphatic heterocycles. The number of hydrogen-bond acceptors (Lipinski definition) is 2. The van der Waals surface area contributed by atoms with Crippen LogP contribution in [0.5, 0.6) is 0 Å². The molecule has 1 aromatic carbocycles. The monoisotopic (exact) mass is 356 g/mol. The lowest BCUT2D eigenvalue weighted by molar-refractivity contribution is -0.133. The van der Waals surface area contributed by atoms with E-state index in [1.54, 1.807) is 6.92 Å². The van der Waals surface area contributed by atoms with Crippen molar-refractivity contribution in [2.75, 3.05) is 4.90 Å². The van der Waals surface area contributed by atoms with Crippen LogP contribution >= 0.6 is 15.9 Å². The summed E-state index contributed by atoms with van der Waals surface area (Å²) in [6.45, 7) is 5.66. The molecule has 2 atom stereocenters. The van der Waals surface area contributed by atoms with Gasteiger partial charge in [0.25, 0.3) is 0 Å². The number of halogens is 2. The predicted molar refractivity (Wildman–Crippen MR) is 82.4 cm³/mol. The Morgan fingerprint density at radius 1 is 1.38 bits per heavy atom. The smallest absolute Gasteiger partial charge is 0.250 e. The van der Waals surface area contributed by atoms with Gasteiger partial charge in [-0.25, -0.2) is 4.39 Å². The van der Waals surface area contributed by atoms with Gasteiger partial charge in [-0.05, 0) is 53.4 Å². The van der Waals surface area contributed by atoms with Crippen molar-refractivity contribution in [3.8, 4) is 0 Å². The molecule has 0 radical (unpaired) electrons. The van der Waals surface area contributed by atoms with Crippen molar-refractivity contribution >= 4 is 33.4 Å². The summed E-state index contributed by atoms with van der Waals surface area (Å²) in [5.74, 6) is -0.469. The number of nitrogens with zero attached hydrogens (tertiary/aromatic N) is 1. The van der Waals surface area contributed by atoms with Crippen molar-refractivity contribution in [1.29, 1.82) is 0 Å². The largest absolute Gasteiger partial charge is 0.342 e. The van der Waals surface area contributed by atoms with Crippen LogP contribution < -0.4 is 10.2 Å². The minimum atomic E-state index is -0.613. The van der Waals surface area contributed by atoms with E-state index in [2.05, 4.69) is 21.2 Å². The maximum absolute atomic E-state index is 13.4. The number of piperazine rings is 1. The number of carbonyl (C=O) groups is 2. The zero-order valence-corrected chi connectivity index (χ0v) is 13.8. The molecule has 2 unspecified atom stereocenters. The normalized spacial score (nSPS) is 22.7. The Bertz CT molecular complexity index is 577. The van der Waals surface area contributed by atoms with Crippen molar-refractivity contribution in [3.05, 3.63) is 28.5 Å². The van der Waals surface area contributed by atoms with Crippen molar-refractivity contribution in [3.63, 3.8) is 0 Å². The standard InChI is InChI=1S/C15H18BrFN2O2/c1-8(2)6-13-15(21)19(9(3)14(20)18-13)10-4-5-12(17)11(16)7-10/h4-5,7-9,13H,6H2,1-3H3,(H,18,20). The molecular weight excluding hydrogens is 339 g/mol. The fourth-order valence-electron chi connectivity index (χ4n) is 2.45. The average molecular weight is 357 g/mol. The van der Waals surface area contributed by atoms with Gasteiger partial charge < -0.3 is 5.32 Å². The number of nitrogens with one attached hydrogen (secondary N) is 1. The van der Waals surface area contributed by atoms with Gasteiger partial charge >= 0.3 is 0 Å². The predicted octanol–water partition coefficient (Wildman–Crippen LogP) is 2.85. The van der Waals surface area contributed by atoms with Crippen LogP contribution in [-0.4, -0.2) is 23.9 Å². The fraction of sp³-hybridized carbons (Fsp3) is 0.467. The molecule has 0 aromatic heterocycles. The third-order valence-electron chi connectivity index (χ3n) is 3.51. The molecular formula is C15H18BrFN2O2. The molecule has 1 saturated heterocycles. The van der Waals surface area contributed by atoms with Crippen LogP contribution in [0.4, 0.5) is 10.1 Å². The quantitative estimate of drug-likeness (QED) is 0.905. The van der Waals surface area contributed by atoms with Gasteiger partial charge in [0.2, 0.25) is 11.8 Å². The van der Waals surface area contributed by atoms with Gasteiger partial charge in [-0.3, -0.25) is 14.5 Å². The lowest BCUT2D eigenvalue weighted by atomic mass is 9.98. The molecule has 6 heteroatoms. The molecule has 1 aliphatic rings. The highest BCUT2D eigenvalue weighted by atomic mass is 79.9. The van der Waals surface area contributed by atoms with Gasteiger partial charge in [-0.1, -0.05) is 13.8 Å². The van der Waals surface area contributed by atoms with E-state index in [9.17, 15) is 14.0 Å². The fourth-order valence-corrected chi connectivity index (χ4v) is 2.81. The van der Waals surface area contributed by atoms with Crippen LogP contribution in [0.2, 0.25) is 0 Å². The van der Waals surface area contributed by atoms with E-state index < -0.39 is 17.9 Å². The van der Waals surface area contributed by atoms with Gasteiger partial charge in [0, 0.05) is 5.69 Å². The van der Waals surface area contributed by atoms with Crippen LogP contribution in [0, 0.1) is 11.7 Å². The summed E-state index contributed by atoms with van der Waals surface area (Å²) in [6.07, 6.45) is 0.580. The first kappa shape index (κ1) is 15.9. The van der Waals surface area contributed by atoms with Crippen LogP contribution in [0.3, 0.4) is 0 Å². The summed E-state index contributed by atoms with van der Waals surface area (Å²) < 4.78 is 13.6. The van der Waals surface area contributed by atoms with Crippen LogP contribution in [0.1, 0.15) is 27.2 Å². The highest BCUT2D eigenvalue weighted by Crippen LogP contribution is 2.27. The highest BCUT2D eigenvalue weighted by Gasteiger charge is 2.39. The second-order valence-electron chi connectivity index (χ2n) is 5.67. The van der Waals surface area contributed by atoms with E-state index in [4.69, 9.17) is 0 Å². The molecule has 1 aromatic rings. The number of rotatable bonds is 3. The topological polar surface area (TPSA) is 49.4 Å². The van der Waals surface area contributed by atoms with E-state index >= 15 is 0 Å². The number of anilines is 1. The first-order valence-corrected chi connectivity index (χ1v) is 7.69. The number of benzene rings is 1. The molecule has 0 aliphatic carbocycles. The van der Waals surface area contributed by atoms with Crippen molar-refractivity contribution in [2.24, 2.45) is 5.92 Å². The van der Waals surface area contributed by atoms with Gasteiger partial charge in [0.1, 0.15) is 17.9 Å². The molecule has 1 N–H and O–H groups in total. The lowest BCUT2D eigenvalue weighted by Gasteiger charge is -2.38. The summed E-state index contributed by atoms with van der Waals surface area (Å²) in [5, 5.41) is 2.76. The van der Waals surface area contributed by atoms with E-state index in [1.165, 1.54) is 23.1 Å². The first-order valence-electron chi connectivity index (χ1n) is 6.89. The number of amides is 2.